The number of amides is 2. The van der Waals surface area contributed by atoms with Gasteiger partial charge < -0.3 is 19.6 Å². The quantitative estimate of drug-likeness (QED) is 0.184. The Kier molecular flexibility index (Phi) is 10.4. The average molecular weight is 583 g/mol. The molecule has 8 atom stereocenters. The van der Waals surface area contributed by atoms with Gasteiger partial charge in [0, 0.05) is 17.8 Å². The number of aliphatic hydroxyl groups is 1. The van der Waals surface area contributed by atoms with Crippen LogP contribution in [-0.4, -0.2) is 80.6 Å². The number of rotatable bonds is 15. The van der Waals surface area contributed by atoms with E-state index in [9.17, 15) is 19.5 Å². The van der Waals surface area contributed by atoms with Crippen molar-refractivity contribution >= 4 is 29.5 Å². The molecule has 8 heteroatoms. The van der Waals surface area contributed by atoms with Gasteiger partial charge in [-0.25, -0.2) is 0 Å². The first kappa shape index (κ1) is 31.4. The van der Waals surface area contributed by atoms with Crippen molar-refractivity contribution < 1.29 is 24.2 Å². The standard InChI is InChI=1S/C33H46N2O5S/c1-6-9-13-18-40-32(39)27-26-19-22(4)33(41-26)28(27)30(37)35(25(21-36)20-24-15-11-10-12-16-24)29(33)31(38)34(17-8-3)23(5)14-7-2/h6,8,10-12,15-16,22-23,25-29,36H,1,3,7,9,13-14,17-21H2,2,4-5H3/t22?,23?,25-,26+,27-,28+,29?,33?/m1/s1. The molecule has 3 heterocycles. The zero-order valence-electron chi connectivity index (χ0n) is 24.7. The molecule has 1 N–H and O–H groups in total. The van der Waals surface area contributed by atoms with E-state index in [-0.39, 0.29) is 48.2 Å². The molecule has 4 rings (SSSR count). The third kappa shape index (κ3) is 5.74. The van der Waals surface area contributed by atoms with Gasteiger partial charge in [-0.05, 0) is 50.5 Å². The number of hydrogen-bond acceptors (Lipinski definition) is 6. The largest absolute Gasteiger partial charge is 0.465 e. The van der Waals surface area contributed by atoms with Crippen LogP contribution in [0.15, 0.2) is 55.6 Å². The number of esters is 1. The van der Waals surface area contributed by atoms with Crippen LogP contribution >= 0.6 is 11.8 Å². The summed E-state index contributed by atoms with van der Waals surface area (Å²) in [5.41, 5.74) is 0.977. The van der Waals surface area contributed by atoms with Crippen molar-refractivity contribution in [1.82, 2.24) is 9.80 Å². The van der Waals surface area contributed by atoms with Crippen molar-refractivity contribution in [2.45, 2.75) is 87.4 Å². The van der Waals surface area contributed by atoms with Crippen molar-refractivity contribution in [1.29, 1.82) is 0 Å². The van der Waals surface area contributed by atoms with E-state index in [2.05, 4.69) is 27.0 Å². The molecule has 2 amide bonds. The molecule has 41 heavy (non-hydrogen) atoms. The molecule has 1 spiro atoms. The van der Waals surface area contributed by atoms with Crippen LogP contribution in [0.2, 0.25) is 0 Å². The summed E-state index contributed by atoms with van der Waals surface area (Å²) in [5.74, 6) is -1.91. The molecular formula is C33H46N2O5S. The van der Waals surface area contributed by atoms with E-state index in [0.29, 0.717) is 19.4 Å². The topological polar surface area (TPSA) is 87.2 Å². The zero-order valence-corrected chi connectivity index (χ0v) is 25.6. The maximum absolute atomic E-state index is 14.7. The number of carbonyl (C=O) groups excluding carboxylic acids is 3. The van der Waals surface area contributed by atoms with E-state index in [0.717, 1.165) is 31.2 Å². The third-order valence-corrected chi connectivity index (χ3v) is 11.3. The zero-order chi connectivity index (χ0) is 29.7. The summed E-state index contributed by atoms with van der Waals surface area (Å²) in [6, 6.07) is 8.31. The van der Waals surface area contributed by atoms with E-state index in [1.54, 1.807) is 28.8 Å². The van der Waals surface area contributed by atoms with Gasteiger partial charge in [0.05, 0.1) is 35.8 Å². The summed E-state index contributed by atoms with van der Waals surface area (Å²) in [6.07, 6.45) is 7.87. The molecular weight excluding hydrogens is 536 g/mol. The smallest absolute Gasteiger partial charge is 0.310 e. The molecule has 1 aromatic rings. The molecule has 0 saturated carbocycles. The molecule has 3 saturated heterocycles. The number of allylic oxidation sites excluding steroid dienone is 1. The van der Waals surface area contributed by atoms with Crippen LogP contribution in [0.1, 0.15) is 58.4 Å². The minimum atomic E-state index is -0.788. The first-order valence-electron chi connectivity index (χ1n) is 15.1. The number of nitrogens with zero attached hydrogens (tertiary/aromatic N) is 2. The lowest BCUT2D eigenvalue weighted by Gasteiger charge is -2.43. The Labute approximate surface area is 249 Å². The van der Waals surface area contributed by atoms with E-state index in [1.165, 1.54) is 0 Å². The molecule has 0 radical (unpaired) electrons. The molecule has 4 unspecified atom stereocenters. The van der Waals surface area contributed by atoms with Crippen LogP contribution in [0.5, 0.6) is 0 Å². The molecule has 0 aromatic heterocycles. The van der Waals surface area contributed by atoms with Gasteiger partial charge in [0.25, 0.3) is 0 Å². The lowest BCUT2D eigenvalue weighted by atomic mass is 9.66. The van der Waals surface area contributed by atoms with Gasteiger partial charge in [-0.3, -0.25) is 14.4 Å². The second kappa shape index (κ2) is 13.6. The normalized spacial score (nSPS) is 29.6. The highest BCUT2D eigenvalue weighted by atomic mass is 32.2. The predicted molar refractivity (Wildman–Crippen MR) is 163 cm³/mol. The average Bonchev–Trinajstić information content (AvgIpc) is 3.56. The lowest BCUT2D eigenvalue weighted by Crippen LogP contribution is -2.60. The Morgan fingerprint density at radius 1 is 1.27 bits per heavy atom. The fourth-order valence-electron chi connectivity index (χ4n) is 7.39. The van der Waals surface area contributed by atoms with Gasteiger partial charge in [0.15, 0.2) is 0 Å². The number of unbranched alkanes of at least 4 members (excludes halogenated alkanes) is 1. The molecule has 0 aliphatic carbocycles. The van der Waals surface area contributed by atoms with Gasteiger partial charge in [-0.1, -0.05) is 62.8 Å². The van der Waals surface area contributed by atoms with Crippen LogP contribution < -0.4 is 0 Å². The number of carbonyl (C=O) groups is 3. The summed E-state index contributed by atoms with van der Waals surface area (Å²) in [7, 11) is 0. The highest BCUT2D eigenvalue weighted by Gasteiger charge is 2.77. The molecule has 224 valence electrons. The summed E-state index contributed by atoms with van der Waals surface area (Å²) >= 11 is 1.64. The molecule has 2 bridgehead atoms. The van der Waals surface area contributed by atoms with Crippen LogP contribution in [0.4, 0.5) is 0 Å². The Balaban J connectivity index is 1.77. The number of aliphatic hydroxyl groups excluding tert-OH is 1. The molecule has 3 aliphatic rings. The number of likely N-dealkylation sites (tertiary alicyclic amines) is 1. The minimum Gasteiger partial charge on any atom is -0.465 e. The van der Waals surface area contributed by atoms with E-state index >= 15 is 0 Å². The molecule has 3 aliphatic heterocycles. The number of ether oxygens (including phenoxy) is 1. The first-order valence-corrected chi connectivity index (χ1v) is 16.0. The number of hydrogen-bond donors (Lipinski definition) is 1. The Morgan fingerprint density at radius 2 is 2.00 bits per heavy atom. The fraction of sp³-hybridized carbons (Fsp3) is 0.606. The van der Waals surface area contributed by atoms with E-state index in [1.807, 2.05) is 42.2 Å². The van der Waals surface area contributed by atoms with Gasteiger partial charge in [0.1, 0.15) is 6.04 Å². The predicted octanol–water partition coefficient (Wildman–Crippen LogP) is 4.64. The van der Waals surface area contributed by atoms with Crippen LogP contribution in [-0.2, 0) is 25.5 Å². The first-order chi connectivity index (χ1) is 19.8. The van der Waals surface area contributed by atoms with Crippen molar-refractivity contribution in [3.63, 3.8) is 0 Å². The van der Waals surface area contributed by atoms with Gasteiger partial charge in [-0.2, -0.15) is 0 Å². The van der Waals surface area contributed by atoms with Gasteiger partial charge in [0.2, 0.25) is 11.8 Å². The van der Waals surface area contributed by atoms with E-state index < -0.39 is 28.7 Å². The Hall–Kier alpha value is -2.58. The maximum Gasteiger partial charge on any atom is 0.310 e. The Morgan fingerprint density at radius 3 is 2.63 bits per heavy atom. The Bertz CT molecular complexity index is 1110. The highest BCUT2D eigenvalue weighted by molar-refractivity contribution is 8.02. The maximum atomic E-state index is 14.7. The number of thioether (sulfide) groups is 1. The van der Waals surface area contributed by atoms with Crippen molar-refractivity contribution in [2.24, 2.45) is 17.8 Å². The minimum absolute atomic E-state index is 0.0378. The van der Waals surface area contributed by atoms with Crippen LogP contribution in [0.3, 0.4) is 0 Å². The van der Waals surface area contributed by atoms with Crippen molar-refractivity contribution in [2.75, 3.05) is 19.8 Å². The lowest BCUT2D eigenvalue weighted by molar-refractivity contribution is -0.155. The SMILES string of the molecule is C=CCCCOC(=O)[C@@H]1[C@@H]2CC(C)C3(S2)C(C(=O)N(CC=C)C(C)CCC)N([C@@H](CO)Cc2ccccc2)C(=O)[C@H]13. The monoisotopic (exact) mass is 582 g/mol. The molecule has 1 aromatic carbocycles. The third-order valence-electron chi connectivity index (χ3n) is 9.25. The number of fused-ring (bicyclic) bond motifs is 1. The number of benzene rings is 1. The summed E-state index contributed by atoms with van der Waals surface area (Å²) in [6.45, 7) is 14.3. The summed E-state index contributed by atoms with van der Waals surface area (Å²) in [4.78, 5) is 46.4. The molecule has 3 fully saturated rings. The van der Waals surface area contributed by atoms with Gasteiger partial charge >= 0.3 is 5.97 Å². The molecule has 7 nitrogen and oxygen atoms in total. The summed E-state index contributed by atoms with van der Waals surface area (Å²) < 4.78 is 4.95. The second-order valence-corrected chi connectivity index (χ2v) is 13.4. The van der Waals surface area contributed by atoms with Crippen LogP contribution in [0.25, 0.3) is 0 Å². The van der Waals surface area contributed by atoms with E-state index in [4.69, 9.17) is 4.74 Å². The van der Waals surface area contributed by atoms with Gasteiger partial charge in [-0.15, -0.1) is 24.9 Å². The van der Waals surface area contributed by atoms with Crippen molar-refractivity contribution in [3.05, 3.63) is 61.2 Å². The van der Waals surface area contributed by atoms with Crippen LogP contribution in [0, 0.1) is 17.8 Å². The fourth-order valence-corrected chi connectivity index (χ4v) is 9.78. The van der Waals surface area contributed by atoms with Crippen molar-refractivity contribution in [3.8, 4) is 0 Å². The summed E-state index contributed by atoms with van der Waals surface area (Å²) in [5, 5.41) is 10.6. The second-order valence-electron chi connectivity index (χ2n) is 11.8. The highest BCUT2D eigenvalue weighted by Crippen LogP contribution is 2.69.